The zero-order valence-corrected chi connectivity index (χ0v) is 12.1. The van der Waals surface area contributed by atoms with Gasteiger partial charge in [-0.15, -0.1) is 11.6 Å². The van der Waals surface area contributed by atoms with Crippen molar-refractivity contribution >= 4 is 23.2 Å². The zero-order valence-electron chi connectivity index (χ0n) is 10.6. The van der Waals surface area contributed by atoms with Crippen molar-refractivity contribution in [2.45, 2.75) is 25.6 Å². The van der Waals surface area contributed by atoms with Crippen molar-refractivity contribution in [2.75, 3.05) is 0 Å². The van der Waals surface area contributed by atoms with Crippen molar-refractivity contribution in [1.82, 2.24) is 0 Å². The molecule has 0 saturated carbocycles. The molecule has 2 rings (SSSR count). The molecule has 94 valence electrons. The van der Waals surface area contributed by atoms with Gasteiger partial charge in [0.2, 0.25) is 0 Å². The molecule has 0 nitrogen and oxygen atoms in total. The number of hydrogen-bond acceptors (Lipinski definition) is 0. The molecule has 0 aromatic heterocycles. The third-order valence-electron chi connectivity index (χ3n) is 3.17. The molecule has 2 heteroatoms. The minimum absolute atomic E-state index is 0.144. The normalized spacial score (nSPS) is 12.4. The van der Waals surface area contributed by atoms with Crippen LogP contribution in [0.2, 0.25) is 5.02 Å². The number of aryl methyl sites for hydroxylation is 2. The molecule has 2 aromatic rings. The molecule has 1 unspecified atom stereocenters. The van der Waals surface area contributed by atoms with E-state index in [1.54, 1.807) is 0 Å². The van der Waals surface area contributed by atoms with E-state index < -0.39 is 0 Å². The molecule has 0 bridgehead atoms. The lowest BCUT2D eigenvalue weighted by molar-refractivity contribution is 1.10. The third-order valence-corrected chi connectivity index (χ3v) is 4.08. The Morgan fingerprint density at radius 1 is 1.00 bits per heavy atom. The SMILES string of the molecule is CCc1ccc(C(Cl)c2ccc(C)c(Cl)c2)cc1. The Morgan fingerprint density at radius 3 is 2.17 bits per heavy atom. The monoisotopic (exact) mass is 278 g/mol. The Labute approximate surface area is 119 Å². The molecule has 0 N–H and O–H groups in total. The van der Waals surface area contributed by atoms with E-state index >= 15 is 0 Å². The number of hydrogen-bond donors (Lipinski definition) is 0. The van der Waals surface area contributed by atoms with E-state index in [1.807, 2.05) is 25.1 Å². The lowest BCUT2D eigenvalue weighted by atomic mass is 10.0. The predicted octanol–water partition coefficient (Wildman–Crippen LogP) is 5.54. The van der Waals surface area contributed by atoms with Crippen LogP contribution in [-0.4, -0.2) is 0 Å². The first kappa shape index (κ1) is 13.5. The van der Waals surface area contributed by atoms with E-state index in [1.165, 1.54) is 5.56 Å². The van der Waals surface area contributed by atoms with Crippen molar-refractivity contribution in [1.29, 1.82) is 0 Å². The van der Waals surface area contributed by atoms with Crippen LogP contribution in [0.25, 0.3) is 0 Å². The average Bonchev–Trinajstić information content (AvgIpc) is 2.41. The maximum Gasteiger partial charge on any atom is 0.0835 e. The van der Waals surface area contributed by atoms with Crippen molar-refractivity contribution in [3.05, 3.63) is 69.7 Å². The minimum atomic E-state index is -0.144. The van der Waals surface area contributed by atoms with Gasteiger partial charge in [-0.3, -0.25) is 0 Å². The van der Waals surface area contributed by atoms with Gasteiger partial charge in [-0.25, -0.2) is 0 Å². The van der Waals surface area contributed by atoms with Crippen molar-refractivity contribution in [3.8, 4) is 0 Å². The van der Waals surface area contributed by atoms with Crippen molar-refractivity contribution in [3.63, 3.8) is 0 Å². The van der Waals surface area contributed by atoms with E-state index in [0.29, 0.717) is 0 Å². The summed E-state index contributed by atoms with van der Waals surface area (Å²) in [5.74, 6) is 0. The average molecular weight is 279 g/mol. The van der Waals surface area contributed by atoms with Crippen LogP contribution < -0.4 is 0 Å². The molecule has 0 aliphatic rings. The Bertz CT molecular complexity index is 529. The van der Waals surface area contributed by atoms with Crippen molar-refractivity contribution in [2.24, 2.45) is 0 Å². The van der Waals surface area contributed by atoms with Gasteiger partial charge in [0, 0.05) is 5.02 Å². The van der Waals surface area contributed by atoms with Gasteiger partial charge in [0.25, 0.3) is 0 Å². The molecule has 0 fully saturated rings. The van der Waals surface area contributed by atoms with E-state index in [4.69, 9.17) is 23.2 Å². The Kier molecular flexibility index (Phi) is 4.31. The molecule has 18 heavy (non-hydrogen) atoms. The van der Waals surface area contributed by atoms with Crippen LogP contribution in [-0.2, 0) is 6.42 Å². The Morgan fingerprint density at radius 2 is 1.61 bits per heavy atom. The van der Waals surface area contributed by atoms with Crippen LogP contribution in [0.1, 0.15) is 34.6 Å². The first-order valence-electron chi connectivity index (χ1n) is 6.10. The lowest BCUT2D eigenvalue weighted by Gasteiger charge is -2.12. The summed E-state index contributed by atoms with van der Waals surface area (Å²) in [7, 11) is 0. The molecule has 0 heterocycles. The standard InChI is InChI=1S/C16H16Cl2/c1-3-12-5-8-13(9-6-12)16(18)14-7-4-11(2)15(17)10-14/h4-10,16H,3H2,1-2H3. The molecule has 0 aliphatic heterocycles. The highest BCUT2D eigenvalue weighted by atomic mass is 35.5. The maximum atomic E-state index is 6.49. The summed E-state index contributed by atoms with van der Waals surface area (Å²) in [6.45, 7) is 4.14. The molecular weight excluding hydrogens is 263 g/mol. The van der Waals surface area contributed by atoms with Crippen molar-refractivity contribution < 1.29 is 0 Å². The van der Waals surface area contributed by atoms with Crippen LogP contribution in [0.15, 0.2) is 42.5 Å². The smallest absolute Gasteiger partial charge is 0.0835 e. The van der Waals surface area contributed by atoms with E-state index in [-0.39, 0.29) is 5.38 Å². The highest BCUT2D eigenvalue weighted by Gasteiger charge is 2.11. The van der Waals surface area contributed by atoms with Crippen LogP contribution >= 0.6 is 23.2 Å². The fraction of sp³-hybridized carbons (Fsp3) is 0.250. The quantitative estimate of drug-likeness (QED) is 0.647. The first-order valence-corrected chi connectivity index (χ1v) is 6.92. The van der Waals surface area contributed by atoms with Gasteiger partial charge < -0.3 is 0 Å². The molecule has 0 spiro atoms. The molecule has 0 saturated heterocycles. The highest BCUT2D eigenvalue weighted by molar-refractivity contribution is 6.31. The van der Waals surface area contributed by atoms with E-state index in [0.717, 1.165) is 28.1 Å². The fourth-order valence-electron chi connectivity index (χ4n) is 1.88. The lowest BCUT2D eigenvalue weighted by Crippen LogP contribution is -1.94. The summed E-state index contributed by atoms with van der Waals surface area (Å²) in [5, 5.41) is 0.623. The minimum Gasteiger partial charge on any atom is -0.113 e. The first-order chi connectivity index (χ1) is 8.61. The highest BCUT2D eigenvalue weighted by Crippen LogP contribution is 2.31. The Balaban J connectivity index is 2.28. The second kappa shape index (κ2) is 5.77. The molecule has 1 atom stereocenters. The van der Waals surface area contributed by atoms with Gasteiger partial charge in [0.15, 0.2) is 0 Å². The summed E-state index contributed by atoms with van der Waals surface area (Å²) < 4.78 is 0. The second-order valence-electron chi connectivity index (χ2n) is 4.47. The van der Waals surface area contributed by atoms with E-state index in [2.05, 4.69) is 31.2 Å². The van der Waals surface area contributed by atoms with E-state index in [9.17, 15) is 0 Å². The number of benzene rings is 2. The summed E-state index contributed by atoms with van der Waals surface area (Å²) in [6, 6.07) is 14.4. The fourth-order valence-corrected chi connectivity index (χ4v) is 2.35. The number of halogens is 2. The van der Waals surface area contributed by atoms with Crippen LogP contribution in [0.5, 0.6) is 0 Å². The Hall–Kier alpha value is -0.980. The molecule has 0 amide bonds. The number of rotatable bonds is 3. The van der Waals surface area contributed by atoms with Crippen LogP contribution in [0.3, 0.4) is 0 Å². The molecule has 0 aliphatic carbocycles. The second-order valence-corrected chi connectivity index (χ2v) is 5.31. The zero-order chi connectivity index (χ0) is 13.1. The molecular formula is C16H16Cl2. The van der Waals surface area contributed by atoms with Gasteiger partial charge in [0.1, 0.15) is 0 Å². The topological polar surface area (TPSA) is 0 Å². The summed E-state index contributed by atoms with van der Waals surface area (Å²) in [5.41, 5.74) is 4.54. The summed E-state index contributed by atoms with van der Waals surface area (Å²) in [6.07, 6.45) is 1.05. The largest absolute Gasteiger partial charge is 0.113 e. The summed E-state index contributed by atoms with van der Waals surface area (Å²) >= 11 is 12.6. The van der Waals surface area contributed by atoms with Gasteiger partial charge in [0.05, 0.1) is 5.38 Å². The van der Waals surface area contributed by atoms with Gasteiger partial charge in [-0.2, -0.15) is 0 Å². The maximum absolute atomic E-state index is 6.49. The summed E-state index contributed by atoms with van der Waals surface area (Å²) in [4.78, 5) is 0. The molecule has 0 radical (unpaired) electrons. The third kappa shape index (κ3) is 2.88. The predicted molar refractivity (Wildman–Crippen MR) is 79.7 cm³/mol. The van der Waals surface area contributed by atoms with Gasteiger partial charge in [-0.1, -0.05) is 54.9 Å². The molecule has 2 aromatic carbocycles. The number of alkyl halides is 1. The van der Waals surface area contributed by atoms with Gasteiger partial charge >= 0.3 is 0 Å². The van der Waals surface area contributed by atoms with Gasteiger partial charge in [-0.05, 0) is 41.7 Å². The van der Waals surface area contributed by atoms with Crippen LogP contribution in [0, 0.1) is 6.92 Å². The van der Waals surface area contributed by atoms with Crippen LogP contribution in [0.4, 0.5) is 0 Å².